The minimum absolute atomic E-state index is 0.00694. The third-order valence-corrected chi connectivity index (χ3v) is 20.3. The van der Waals surface area contributed by atoms with E-state index in [1.165, 1.54) is 73.9 Å². The molecule has 6 heterocycles. The largest absolute Gasteiger partial charge is 0.489 e. The smallest absolute Gasteiger partial charge is 0.119 e. The summed E-state index contributed by atoms with van der Waals surface area (Å²) in [5.74, 6) is 0.916. The van der Waals surface area contributed by atoms with Gasteiger partial charge < -0.3 is 132 Å². The minimum Gasteiger partial charge on any atom is -0.489 e. The molecule has 1 aromatic heterocycles. The molecule has 122 heavy (non-hydrogen) atoms. The molecule has 11 rings (SSSR count). The number of para-hydroxylation sites is 2. The number of nitrogens with zero attached hydrogens (tertiary/aromatic N) is 1. The second kappa shape index (κ2) is 92.3. The molecular formula is C81H151Cl10Mn5N25O. The number of rotatable bonds is 5. The van der Waals surface area contributed by atoms with Gasteiger partial charge in [-0.15, -0.1) is 0 Å². The molecule has 0 spiro atoms. The molecule has 2 aliphatic carbocycles. The molecule has 5 fully saturated rings. The molecule has 2 bridgehead atoms. The average Bonchev–Trinajstić information content (AvgIpc) is 0.777. The normalized spacial score (nSPS) is 23.2. The zero-order valence-electron chi connectivity index (χ0n) is 72.0. The topological polar surface area (TPSA) is 311 Å². The molecule has 7 atom stereocenters. The molecule has 4 aromatic rings. The summed E-state index contributed by atoms with van der Waals surface area (Å²) in [5, 5.41) is 84.5. The first kappa shape index (κ1) is 119. The van der Waals surface area contributed by atoms with Crippen LogP contribution in [0.1, 0.15) is 99.8 Å². The summed E-state index contributed by atoms with van der Waals surface area (Å²) in [6, 6.07) is 37.1. The van der Waals surface area contributed by atoms with E-state index in [1.54, 1.807) is 0 Å². The first-order valence-electron chi connectivity index (χ1n) is 43.5. The number of hydrogen-bond donors (Lipinski definition) is 24. The average molecular weight is 2120 g/mol. The van der Waals surface area contributed by atoms with Crippen LogP contribution in [0.25, 0.3) is 0 Å². The molecule has 26 nitrogen and oxygen atoms in total. The van der Waals surface area contributed by atoms with Crippen molar-refractivity contribution in [3.8, 4) is 5.75 Å². The molecule has 711 valence electrons. The summed E-state index contributed by atoms with van der Waals surface area (Å²) >= 11 is 0.0347. The predicted octanol–water partition coefficient (Wildman–Crippen LogP) is 7.41. The molecule has 3 aromatic carbocycles. The summed E-state index contributed by atoms with van der Waals surface area (Å²) in [6.45, 7) is 44.9. The zero-order valence-corrected chi connectivity index (χ0v) is 85.4. The number of benzene rings is 3. The van der Waals surface area contributed by atoms with E-state index in [-0.39, 0.29) is 77.8 Å². The van der Waals surface area contributed by atoms with Crippen LogP contribution in [0.2, 0.25) is 0 Å². The fourth-order valence-corrected chi connectivity index (χ4v) is 14.0. The van der Waals surface area contributed by atoms with E-state index in [4.69, 9.17) is 111 Å². The van der Waals surface area contributed by atoms with E-state index in [0.29, 0.717) is 36.8 Å². The van der Waals surface area contributed by atoms with Gasteiger partial charge in [0.05, 0.1) is 22.8 Å². The van der Waals surface area contributed by atoms with Crippen molar-refractivity contribution in [2.75, 3.05) is 266 Å². The van der Waals surface area contributed by atoms with Gasteiger partial charge in [-0.3, -0.25) is 4.98 Å². The fraction of sp³-hybridized carbons (Fsp3) is 0.716. The quantitative estimate of drug-likeness (QED) is 0.0865. The molecular weight excluding hydrogens is 1970 g/mol. The van der Waals surface area contributed by atoms with Crippen LogP contribution < -0.4 is 132 Å². The van der Waals surface area contributed by atoms with Gasteiger partial charge in [-0.1, -0.05) is 86.3 Å². The van der Waals surface area contributed by atoms with Crippen molar-refractivity contribution in [1.29, 1.82) is 0 Å². The Morgan fingerprint density at radius 3 is 0.852 bits per heavy atom. The predicted molar refractivity (Wildman–Crippen MR) is 509 cm³/mol. The third-order valence-electron chi connectivity index (χ3n) is 20.3. The van der Waals surface area contributed by atoms with Crippen LogP contribution in [0, 0.1) is 0 Å². The molecule has 7 aliphatic rings. The van der Waals surface area contributed by atoms with Gasteiger partial charge in [-0.25, -0.2) is 0 Å². The number of ether oxygens (including phenoxy) is 1. The number of hydrogen-bond acceptors (Lipinski definition) is 26. The van der Waals surface area contributed by atoms with Crippen LogP contribution in [0.15, 0.2) is 97.1 Å². The first-order valence-corrected chi connectivity index (χ1v) is 59.8. The Balaban J connectivity index is 0.000000500. The van der Waals surface area contributed by atoms with Crippen molar-refractivity contribution < 1.29 is 70.4 Å². The van der Waals surface area contributed by atoms with E-state index in [1.807, 2.05) is 18.2 Å². The van der Waals surface area contributed by atoms with Gasteiger partial charge in [0.15, 0.2) is 0 Å². The van der Waals surface area contributed by atoms with Crippen LogP contribution >= 0.6 is 101 Å². The van der Waals surface area contributed by atoms with E-state index >= 15 is 0 Å². The van der Waals surface area contributed by atoms with E-state index in [0.717, 1.165) is 279 Å². The van der Waals surface area contributed by atoms with Crippen LogP contribution in [-0.4, -0.2) is 290 Å². The molecule has 5 aliphatic heterocycles. The van der Waals surface area contributed by atoms with Gasteiger partial charge in [0.2, 0.25) is 0 Å². The Morgan fingerprint density at radius 1 is 0.279 bits per heavy atom. The molecule has 2 unspecified atom stereocenters. The maximum Gasteiger partial charge on any atom is 0.119 e. The summed E-state index contributed by atoms with van der Waals surface area (Å²) in [5.41, 5.74) is 7.10. The Morgan fingerprint density at radius 2 is 0.541 bits per heavy atom. The van der Waals surface area contributed by atoms with Gasteiger partial charge in [0.25, 0.3) is 0 Å². The van der Waals surface area contributed by atoms with E-state index < -0.39 is 0 Å². The van der Waals surface area contributed by atoms with Crippen molar-refractivity contribution in [1.82, 2.24) is 122 Å². The second-order valence-electron chi connectivity index (χ2n) is 29.3. The number of anilines is 2. The standard InChI is InChI=1S/C24H37N5O.C15H27N5.2C14H31N5.C14H25N5.10ClH.5Mn/c1-2-4-22(5-3-1)20-30-24-8-6-21(7-9-24)18-23-19-28-15-14-26-11-10-25-12-13-27-16-17-29-23;1-12-14-4-3-5-15(20-14)13(2)19-11-9-17-7-6-16-8-10-18-12;3*1-2-4-14-13(3-1)18-11-9-16-7-5-15-6-8-17-10-12-19-14;;;;;;;;;;;;;;;/h1-9,23,25-29H,10-20H2;3-5,12-13,16-19H,6-11H2,1-2H3;2*13-19H,1-12H2;1-4,15-19H,5-12H2;10*1H;;;;;/q;;;;;;;;;;;;;;;5*+2/p-10/t23-;;13-,14+;13-,14-;;;;;;;;;;;;;;;;/m0..1................/s1. The van der Waals surface area contributed by atoms with Crippen LogP contribution in [0.3, 0.4) is 0 Å². The first-order chi connectivity index (χ1) is 60.1. The minimum atomic E-state index is 0.00694. The zero-order chi connectivity index (χ0) is 88.0. The van der Waals surface area contributed by atoms with Crippen molar-refractivity contribution >= 4 is 112 Å². The molecule has 41 heteroatoms. The van der Waals surface area contributed by atoms with Gasteiger partial charge in [0.1, 0.15) is 12.4 Å². The Hall–Kier alpha value is 0.827. The molecule has 2 saturated carbocycles. The summed E-state index contributed by atoms with van der Waals surface area (Å²) in [4.78, 5) is 4.78. The van der Waals surface area contributed by atoms with E-state index in [9.17, 15) is 0 Å². The molecule has 3 saturated heterocycles. The summed E-state index contributed by atoms with van der Waals surface area (Å²) < 4.78 is 5.91. The second-order valence-corrected chi connectivity index (χ2v) is 39.0. The number of aromatic nitrogens is 1. The van der Waals surface area contributed by atoms with Crippen molar-refractivity contribution in [3.05, 3.63) is 120 Å². The van der Waals surface area contributed by atoms with Crippen molar-refractivity contribution in [3.63, 3.8) is 0 Å². The Kier molecular flexibility index (Phi) is 89.9. The summed E-state index contributed by atoms with van der Waals surface area (Å²) in [6.07, 6.45) is 11.8. The SMILES string of the molecule is C1CC[C@H]2NCCNCCNCCNCCN[C@@H]2C1.C1CC[C@H]2NCCNCCNCCNCCN[C@H]2C1.CC1NCCNCCNCCNC(C)c2cccc1n2.[Cl][Mn][Cl].[Cl][Mn][Cl].[Cl][Mn][Cl].[Cl][Mn][Cl].[Cl][Mn][Cl].c1ccc(COc2ccc(C[C@H]3CNCCNCCNCCNCCN3)cc2)cc1.c1ccc2c(c1)NCCNCCNCCNCCN2. The van der Waals surface area contributed by atoms with Crippen LogP contribution in [0.5, 0.6) is 5.75 Å². The molecule has 0 amide bonds. The third kappa shape index (κ3) is 70.5. The van der Waals surface area contributed by atoms with Gasteiger partial charge >= 0.3 is 167 Å². The van der Waals surface area contributed by atoms with Gasteiger partial charge in [0, 0.05) is 298 Å². The van der Waals surface area contributed by atoms with Crippen LogP contribution in [-0.2, 0) is 78.7 Å². The number of pyridine rings is 1. The number of fused-ring (bicyclic) bond motifs is 5. The van der Waals surface area contributed by atoms with Gasteiger partial charge in [-0.05, 0) is 93.5 Å². The van der Waals surface area contributed by atoms with Gasteiger partial charge in [-0.2, -0.15) is 0 Å². The number of halogens is 10. The fourth-order valence-electron chi connectivity index (χ4n) is 14.0. The maximum absolute atomic E-state index is 5.91. The Labute approximate surface area is 808 Å². The van der Waals surface area contributed by atoms with Crippen molar-refractivity contribution in [2.45, 2.75) is 121 Å². The maximum atomic E-state index is 5.91. The van der Waals surface area contributed by atoms with E-state index in [2.05, 4.69) is 220 Å². The number of nitrogens with one attached hydrogen (secondary N) is 24. The molecule has 0 radical (unpaired) electrons. The molecule has 24 N–H and O–H groups in total. The monoisotopic (exact) mass is 2110 g/mol. The summed E-state index contributed by atoms with van der Waals surface area (Å²) in [7, 11) is 48.0. The van der Waals surface area contributed by atoms with Crippen LogP contribution in [0.4, 0.5) is 11.4 Å². The Bertz CT molecular complexity index is 2660. The van der Waals surface area contributed by atoms with Crippen molar-refractivity contribution in [2.24, 2.45) is 0 Å².